The van der Waals surface area contributed by atoms with Crippen molar-refractivity contribution >= 4 is 5.91 Å². The summed E-state index contributed by atoms with van der Waals surface area (Å²) in [5, 5.41) is 14.5. The topological polar surface area (TPSA) is 132 Å². The molecule has 2 fully saturated rings. The van der Waals surface area contributed by atoms with Crippen LogP contribution in [-0.2, 0) is 87.1 Å². The Morgan fingerprint density at radius 2 is 0.765 bits per heavy atom. The van der Waals surface area contributed by atoms with Crippen molar-refractivity contribution in [1.82, 2.24) is 5.32 Å². The van der Waals surface area contributed by atoms with Gasteiger partial charge in [0.05, 0.1) is 52.9 Å². The van der Waals surface area contributed by atoms with E-state index < -0.39 is 61.3 Å². The number of aliphatic hydroxyl groups excluding tert-OH is 1. The minimum atomic E-state index is -1.47. The van der Waals surface area contributed by atoms with Crippen LogP contribution in [0, 0.1) is 0 Å². The van der Waals surface area contributed by atoms with Crippen LogP contribution in [-0.4, -0.2) is 85.6 Å². The van der Waals surface area contributed by atoms with Gasteiger partial charge in [-0.15, -0.1) is 0 Å². The van der Waals surface area contributed by atoms with Gasteiger partial charge in [0.2, 0.25) is 5.91 Å². The van der Waals surface area contributed by atoms with Crippen LogP contribution in [0.3, 0.4) is 0 Å². The maximum atomic E-state index is 12.6. The summed E-state index contributed by atoms with van der Waals surface area (Å²) in [6, 6.07) is 58.2. The summed E-state index contributed by atoms with van der Waals surface area (Å²) in [4.78, 5) is 12.6. The molecular formula is C56H61NO11. The standard InChI is InChI=1S/C56H61NO11/c1-40(58)57-49-52(63-35-44-26-14-5-15-27-44)50(61-33-42-22-10-3-11-23-42)48(67-55(49)59)39-66-56-54(65-37-46-30-18-7-19-31-46)53(64-36-45-28-16-6-17-29-45)51(62-34-43-24-12-4-13-25-43)47(68-56)38-60-32-41-20-8-2-9-21-41/h2-31,47-56,59H,32-39H2,1H3,(H,57,58)/t47-,48-,49-,50-,51-,52-,53+,54-,55+,56+/m1/s1. The van der Waals surface area contributed by atoms with Crippen LogP contribution in [0.25, 0.3) is 0 Å². The SMILES string of the molecule is CC(=O)N[C@@H]1[C@@H](OCc2ccccc2)[C@H](OCc2ccccc2)[C@@H](CO[C@H]2O[C@H](COCc3ccccc3)[C@@H](OCc3ccccc3)[C@H](OCc3ccccc3)[C@H]2OCc2ccccc2)O[C@@H]1O. The van der Waals surface area contributed by atoms with Gasteiger partial charge < -0.3 is 53.1 Å². The van der Waals surface area contributed by atoms with Gasteiger partial charge in [0.25, 0.3) is 0 Å². The van der Waals surface area contributed by atoms with E-state index in [0.29, 0.717) is 6.61 Å². The molecule has 8 rings (SSSR count). The molecule has 0 bridgehead atoms. The smallest absolute Gasteiger partial charge is 0.217 e. The molecular weight excluding hydrogens is 863 g/mol. The predicted octanol–water partition coefficient (Wildman–Crippen LogP) is 8.09. The molecule has 1 amide bonds. The molecule has 2 aliphatic heterocycles. The van der Waals surface area contributed by atoms with Crippen molar-refractivity contribution in [1.29, 1.82) is 0 Å². The second-order valence-corrected chi connectivity index (χ2v) is 17.0. The van der Waals surface area contributed by atoms with Crippen LogP contribution in [0.4, 0.5) is 0 Å². The fourth-order valence-electron chi connectivity index (χ4n) is 8.45. The highest BCUT2D eigenvalue weighted by Crippen LogP contribution is 2.34. The number of carbonyl (C=O) groups is 1. The number of hydrogen-bond donors (Lipinski definition) is 2. The molecule has 0 aliphatic carbocycles. The van der Waals surface area contributed by atoms with Gasteiger partial charge in [0.1, 0.15) is 48.8 Å². The molecule has 356 valence electrons. The van der Waals surface area contributed by atoms with Crippen molar-refractivity contribution in [3.63, 3.8) is 0 Å². The first-order valence-electron chi connectivity index (χ1n) is 23.2. The highest BCUT2D eigenvalue weighted by atomic mass is 16.7. The zero-order chi connectivity index (χ0) is 46.8. The molecule has 0 spiro atoms. The van der Waals surface area contributed by atoms with Gasteiger partial charge in [0.15, 0.2) is 12.6 Å². The Morgan fingerprint density at radius 1 is 0.426 bits per heavy atom. The summed E-state index contributed by atoms with van der Waals surface area (Å²) in [6.07, 6.45) is -8.12. The summed E-state index contributed by atoms with van der Waals surface area (Å²) in [6.45, 7) is 2.86. The van der Waals surface area contributed by atoms with Gasteiger partial charge >= 0.3 is 0 Å². The van der Waals surface area contributed by atoms with E-state index in [-0.39, 0.29) is 52.2 Å². The van der Waals surface area contributed by atoms with Gasteiger partial charge in [-0.1, -0.05) is 182 Å². The van der Waals surface area contributed by atoms with E-state index in [9.17, 15) is 9.90 Å². The molecule has 6 aromatic carbocycles. The average Bonchev–Trinajstić information content (AvgIpc) is 3.38. The van der Waals surface area contributed by atoms with Crippen LogP contribution in [0.5, 0.6) is 0 Å². The molecule has 0 radical (unpaired) electrons. The fourth-order valence-corrected chi connectivity index (χ4v) is 8.45. The maximum absolute atomic E-state index is 12.6. The van der Waals surface area contributed by atoms with Crippen molar-refractivity contribution in [2.45, 2.75) is 108 Å². The third-order valence-corrected chi connectivity index (χ3v) is 11.9. The first-order valence-corrected chi connectivity index (χ1v) is 23.2. The van der Waals surface area contributed by atoms with Crippen molar-refractivity contribution in [2.75, 3.05) is 13.2 Å². The molecule has 2 heterocycles. The van der Waals surface area contributed by atoms with Gasteiger partial charge in [-0.05, 0) is 33.4 Å². The lowest BCUT2D eigenvalue weighted by atomic mass is 9.95. The minimum absolute atomic E-state index is 0.136. The van der Waals surface area contributed by atoms with Crippen molar-refractivity contribution < 1.29 is 52.5 Å². The summed E-state index contributed by atoms with van der Waals surface area (Å²) in [5.74, 6) is -0.359. The van der Waals surface area contributed by atoms with Crippen molar-refractivity contribution in [3.8, 4) is 0 Å². The summed E-state index contributed by atoms with van der Waals surface area (Å²) < 4.78 is 60.5. The van der Waals surface area contributed by atoms with Gasteiger partial charge in [-0.25, -0.2) is 0 Å². The summed E-state index contributed by atoms with van der Waals surface area (Å²) in [5.41, 5.74) is 5.72. The maximum Gasteiger partial charge on any atom is 0.217 e. The van der Waals surface area contributed by atoms with Crippen LogP contribution in [0.1, 0.15) is 40.3 Å². The lowest BCUT2D eigenvalue weighted by Crippen LogP contribution is -2.66. The molecule has 10 atom stereocenters. The van der Waals surface area contributed by atoms with E-state index in [0.717, 1.165) is 33.4 Å². The molecule has 2 aliphatic rings. The average molecular weight is 924 g/mol. The fraction of sp³-hybridized carbons (Fsp3) is 0.339. The zero-order valence-corrected chi connectivity index (χ0v) is 38.3. The van der Waals surface area contributed by atoms with Gasteiger partial charge in [-0.3, -0.25) is 4.79 Å². The van der Waals surface area contributed by atoms with E-state index in [2.05, 4.69) is 5.32 Å². The van der Waals surface area contributed by atoms with E-state index in [1.807, 2.05) is 182 Å². The molecule has 6 aromatic rings. The largest absolute Gasteiger partial charge is 0.374 e. The first-order chi connectivity index (χ1) is 33.5. The van der Waals surface area contributed by atoms with Crippen LogP contribution in [0.2, 0.25) is 0 Å². The number of hydrogen-bond acceptors (Lipinski definition) is 11. The number of aliphatic hydroxyl groups is 1. The molecule has 12 heteroatoms. The number of carbonyl (C=O) groups excluding carboxylic acids is 1. The Morgan fingerprint density at radius 3 is 1.18 bits per heavy atom. The number of amides is 1. The molecule has 0 aromatic heterocycles. The Hall–Kier alpha value is -5.61. The third-order valence-electron chi connectivity index (χ3n) is 11.9. The highest BCUT2D eigenvalue weighted by Gasteiger charge is 2.51. The summed E-state index contributed by atoms with van der Waals surface area (Å²) >= 11 is 0. The molecule has 2 saturated heterocycles. The van der Waals surface area contributed by atoms with Gasteiger partial charge in [0, 0.05) is 6.92 Å². The Labute approximate surface area is 399 Å². The molecule has 2 N–H and O–H groups in total. The van der Waals surface area contributed by atoms with Crippen molar-refractivity contribution in [3.05, 3.63) is 215 Å². The molecule has 12 nitrogen and oxygen atoms in total. The Kier molecular flexibility index (Phi) is 18.4. The van der Waals surface area contributed by atoms with E-state index in [1.54, 1.807) is 0 Å². The van der Waals surface area contributed by atoms with Crippen LogP contribution in [0.15, 0.2) is 182 Å². The first kappa shape index (κ1) is 48.8. The zero-order valence-electron chi connectivity index (χ0n) is 38.3. The van der Waals surface area contributed by atoms with Gasteiger partial charge in [-0.2, -0.15) is 0 Å². The van der Waals surface area contributed by atoms with E-state index in [4.69, 9.17) is 42.6 Å². The highest BCUT2D eigenvalue weighted by molar-refractivity contribution is 5.73. The molecule has 68 heavy (non-hydrogen) atoms. The lowest BCUT2D eigenvalue weighted by Gasteiger charge is -2.47. The Bertz CT molecular complexity index is 2330. The number of benzene rings is 6. The molecule has 0 saturated carbocycles. The van der Waals surface area contributed by atoms with Crippen LogP contribution >= 0.6 is 0 Å². The monoisotopic (exact) mass is 923 g/mol. The number of nitrogens with one attached hydrogen (secondary N) is 1. The normalized spacial score (nSPS) is 24.9. The minimum Gasteiger partial charge on any atom is -0.374 e. The quantitative estimate of drug-likeness (QED) is 0.0647. The summed E-state index contributed by atoms with van der Waals surface area (Å²) in [7, 11) is 0. The number of rotatable bonds is 23. The third kappa shape index (κ3) is 14.2. The predicted molar refractivity (Wildman–Crippen MR) is 254 cm³/mol. The second kappa shape index (κ2) is 25.7. The van der Waals surface area contributed by atoms with E-state index >= 15 is 0 Å². The van der Waals surface area contributed by atoms with Crippen LogP contribution < -0.4 is 5.32 Å². The van der Waals surface area contributed by atoms with E-state index in [1.165, 1.54) is 6.92 Å². The second-order valence-electron chi connectivity index (χ2n) is 17.0. The van der Waals surface area contributed by atoms with Crippen molar-refractivity contribution in [2.24, 2.45) is 0 Å². The molecule has 0 unspecified atom stereocenters. The number of ether oxygens (including phenoxy) is 9. The Balaban J connectivity index is 1.12. The lowest BCUT2D eigenvalue weighted by molar-refractivity contribution is -0.341.